The van der Waals surface area contributed by atoms with Crippen LogP contribution in [0.1, 0.15) is 27.2 Å². The molecule has 0 N–H and O–H groups in total. The fourth-order valence-corrected chi connectivity index (χ4v) is 2.83. The van der Waals surface area contributed by atoms with Gasteiger partial charge in [-0.2, -0.15) is 0 Å². The molecule has 5 heteroatoms. The lowest BCUT2D eigenvalue weighted by Gasteiger charge is -2.39. The molecule has 1 saturated heterocycles. The number of anilines is 1. The quantitative estimate of drug-likeness (QED) is 0.861. The van der Waals surface area contributed by atoms with Crippen LogP contribution >= 0.6 is 11.6 Å². The molecule has 2 rings (SSSR count). The summed E-state index contributed by atoms with van der Waals surface area (Å²) in [6.07, 6.45) is 0.476. The van der Waals surface area contributed by atoms with Gasteiger partial charge in [-0.1, -0.05) is 37.6 Å². The van der Waals surface area contributed by atoms with Crippen LogP contribution in [-0.4, -0.2) is 35.8 Å². The summed E-state index contributed by atoms with van der Waals surface area (Å²) in [7, 11) is 0. The summed E-state index contributed by atoms with van der Waals surface area (Å²) in [5, 5.41) is 0.556. The first-order chi connectivity index (χ1) is 9.91. The fourth-order valence-electron chi connectivity index (χ4n) is 2.59. The highest BCUT2D eigenvalue weighted by molar-refractivity contribution is 6.33. The maximum absolute atomic E-state index is 12.6. The Bertz CT molecular complexity index is 545. The normalized spacial score (nSPS) is 19.3. The Morgan fingerprint density at radius 3 is 2.62 bits per heavy atom. The van der Waals surface area contributed by atoms with E-state index in [1.807, 2.05) is 32.0 Å². The Balaban J connectivity index is 2.15. The largest absolute Gasteiger partial charge is 0.329 e. The number of rotatable bonds is 3. The number of carbonyl (C=O) groups is 2. The summed E-state index contributed by atoms with van der Waals surface area (Å²) in [6.45, 7) is 6.82. The number of hydrogen-bond acceptors (Lipinski definition) is 2. The van der Waals surface area contributed by atoms with Crippen molar-refractivity contribution in [3.05, 3.63) is 29.3 Å². The third kappa shape index (κ3) is 3.38. The Kier molecular flexibility index (Phi) is 4.88. The van der Waals surface area contributed by atoms with Crippen LogP contribution in [-0.2, 0) is 9.59 Å². The fraction of sp³-hybridized carbons (Fsp3) is 0.500. The molecule has 1 aliphatic rings. The predicted octanol–water partition coefficient (Wildman–Crippen LogP) is 2.95. The molecule has 1 aliphatic heterocycles. The van der Waals surface area contributed by atoms with E-state index in [9.17, 15) is 9.59 Å². The van der Waals surface area contributed by atoms with Crippen LogP contribution in [0.15, 0.2) is 24.3 Å². The summed E-state index contributed by atoms with van der Waals surface area (Å²) < 4.78 is 0. The maximum Gasteiger partial charge on any atom is 0.249 e. The third-order valence-electron chi connectivity index (χ3n) is 3.70. The van der Waals surface area contributed by atoms with Gasteiger partial charge in [-0.05, 0) is 25.0 Å². The SMILES string of the molecule is CC(C)CC(=O)N1CCN(c2ccccc2Cl)C(=O)[C@H]1C. The van der Waals surface area contributed by atoms with Crippen molar-refractivity contribution in [1.29, 1.82) is 0 Å². The molecule has 1 aromatic carbocycles. The number of benzene rings is 1. The number of hydrogen-bond donors (Lipinski definition) is 0. The molecule has 1 aromatic rings. The standard InChI is InChI=1S/C16H21ClN2O2/c1-11(2)10-15(20)18-8-9-19(16(21)12(18)3)14-7-5-4-6-13(14)17/h4-7,11-12H,8-10H2,1-3H3/t12-/m1/s1. The van der Waals surface area contributed by atoms with Crippen LogP contribution in [0.4, 0.5) is 5.69 Å². The highest BCUT2D eigenvalue weighted by atomic mass is 35.5. The molecule has 2 amide bonds. The first-order valence-electron chi connectivity index (χ1n) is 7.27. The smallest absolute Gasteiger partial charge is 0.249 e. The first-order valence-corrected chi connectivity index (χ1v) is 7.65. The summed E-state index contributed by atoms with van der Waals surface area (Å²) in [6, 6.07) is 6.85. The van der Waals surface area contributed by atoms with Crippen LogP contribution in [0, 0.1) is 5.92 Å². The Morgan fingerprint density at radius 1 is 1.33 bits per heavy atom. The zero-order valence-electron chi connectivity index (χ0n) is 12.7. The second-order valence-electron chi connectivity index (χ2n) is 5.80. The van der Waals surface area contributed by atoms with Gasteiger partial charge in [0.15, 0.2) is 0 Å². The zero-order chi connectivity index (χ0) is 15.6. The van der Waals surface area contributed by atoms with Crippen molar-refractivity contribution in [1.82, 2.24) is 4.90 Å². The summed E-state index contributed by atoms with van der Waals surface area (Å²) in [5.41, 5.74) is 0.715. The molecule has 0 saturated carbocycles. The van der Waals surface area contributed by atoms with E-state index < -0.39 is 6.04 Å². The van der Waals surface area contributed by atoms with Gasteiger partial charge in [0.05, 0.1) is 10.7 Å². The molecule has 1 fully saturated rings. The van der Waals surface area contributed by atoms with Gasteiger partial charge in [-0.3, -0.25) is 9.59 Å². The molecular weight excluding hydrogens is 288 g/mol. The minimum absolute atomic E-state index is 0.0460. The lowest BCUT2D eigenvalue weighted by Crippen LogP contribution is -2.58. The van der Waals surface area contributed by atoms with E-state index in [2.05, 4.69) is 0 Å². The minimum atomic E-state index is -0.443. The van der Waals surface area contributed by atoms with E-state index in [0.29, 0.717) is 36.1 Å². The topological polar surface area (TPSA) is 40.6 Å². The van der Waals surface area contributed by atoms with E-state index >= 15 is 0 Å². The van der Waals surface area contributed by atoms with Gasteiger partial charge in [-0.15, -0.1) is 0 Å². The van der Waals surface area contributed by atoms with Gasteiger partial charge in [0.1, 0.15) is 6.04 Å². The molecule has 0 aromatic heterocycles. The molecule has 1 atom stereocenters. The van der Waals surface area contributed by atoms with Crippen LogP contribution in [0.3, 0.4) is 0 Å². The molecule has 4 nitrogen and oxygen atoms in total. The lowest BCUT2D eigenvalue weighted by atomic mass is 10.1. The van der Waals surface area contributed by atoms with Crippen LogP contribution in [0.25, 0.3) is 0 Å². The van der Waals surface area contributed by atoms with Gasteiger partial charge in [0.2, 0.25) is 11.8 Å². The molecule has 0 bridgehead atoms. The number of nitrogens with zero attached hydrogens (tertiary/aromatic N) is 2. The average Bonchev–Trinajstić information content (AvgIpc) is 2.42. The zero-order valence-corrected chi connectivity index (χ0v) is 13.4. The first kappa shape index (κ1) is 15.8. The number of para-hydroxylation sites is 1. The van der Waals surface area contributed by atoms with Crippen molar-refractivity contribution in [2.24, 2.45) is 5.92 Å². The van der Waals surface area contributed by atoms with Crippen molar-refractivity contribution >= 4 is 29.1 Å². The molecule has 1 heterocycles. The maximum atomic E-state index is 12.6. The molecule has 0 spiro atoms. The van der Waals surface area contributed by atoms with E-state index in [4.69, 9.17) is 11.6 Å². The highest BCUT2D eigenvalue weighted by Crippen LogP contribution is 2.28. The summed E-state index contributed by atoms with van der Waals surface area (Å²) >= 11 is 6.16. The molecule has 0 unspecified atom stereocenters. The van der Waals surface area contributed by atoms with E-state index in [-0.39, 0.29) is 11.8 Å². The van der Waals surface area contributed by atoms with E-state index in [1.165, 1.54) is 0 Å². The van der Waals surface area contributed by atoms with Gasteiger partial charge in [0.25, 0.3) is 0 Å². The predicted molar refractivity (Wildman–Crippen MR) is 84.4 cm³/mol. The van der Waals surface area contributed by atoms with Gasteiger partial charge in [-0.25, -0.2) is 0 Å². The Morgan fingerprint density at radius 2 is 2.00 bits per heavy atom. The molecule has 21 heavy (non-hydrogen) atoms. The second kappa shape index (κ2) is 6.48. The number of piperazine rings is 1. The molecule has 0 aliphatic carbocycles. The van der Waals surface area contributed by atoms with Crippen LogP contribution in [0.5, 0.6) is 0 Å². The summed E-state index contributed by atoms with van der Waals surface area (Å²) in [5.74, 6) is 0.262. The molecule has 0 radical (unpaired) electrons. The van der Waals surface area contributed by atoms with Crippen molar-refractivity contribution in [3.63, 3.8) is 0 Å². The van der Waals surface area contributed by atoms with E-state index in [0.717, 1.165) is 0 Å². The Labute approximate surface area is 130 Å². The average molecular weight is 309 g/mol. The lowest BCUT2D eigenvalue weighted by molar-refractivity contribution is -0.141. The number of amides is 2. The van der Waals surface area contributed by atoms with E-state index in [1.54, 1.807) is 22.8 Å². The van der Waals surface area contributed by atoms with Crippen LogP contribution in [0.2, 0.25) is 5.02 Å². The third-order valence-corrected chi connectivity index (χ3v) is 4.02. The molecule has 114 valence electrons. The second-order valence-corrected chi connectivity index (χ2v) is 6.21. The van der Waals surface area contributed by atoms with Crippen molar-refractivity contribution in [3.8, 4) is 0 Å². The molecular formula is C16H21ClN2O2. The number of carbonyl (C=O) groups excluding carboxylic acids is 2. The van der Waals surface area contributed by atoms with Crippen molar-refractivity contribution < 1.29 is 9.59 Å². The van der Waals surface area contributed by atoms with Gasteiger partial charge in [0, 0.05) is 19.5 Å². The minimum Gasteiger partial charge on any atom is -0.329 e. The van der Waals surface area contributed by atoms with Gasteiger partial charge >= 0.3 is 0 Å². The summed E-state index contributed by atoms with van der Waals surface area (Å²) in [4.78, 5) is 28.1. The van der Waals surface area contributed by atoms with Crippen molar-refractivity contribution in [2.75, 3.05) is 18.0 Å². The van der Waals surface area contributed by atoms with Crippen molar-refractivity contribution in [2.45, 2.75) is 33.2 Å². The monoisotopic (exact) mass is 308 g/mol. The number of halogens is 1. The van der Waals surface area contributed by atoms with Gasteiger partial charge < -0.3 is 9.80 Å². The van der Waals surface area contributed by atoms with Crippen LogP contribution < -0.4 is 4.90 Å². The Hall–Kier alpha value is -1.55. The highest BCUT2D eigenvalue weighted by Gasteiger charge is 2.35.